The van der Waals surface area contributed by atoms with E-state index < -0.39 is 75.5 Å². The molecule has 2 aliphatic rings. The van der Waals surface area contributed by atoms with Crippen LogP contribution in [0.4, 0.5) is 26.3 Å². The van der Waals surface area contributed by atoms with Crippen LogP contribution in [0.25, 0.3) is 11.1 Å². The summed E-state index contributed by atoms with van der Waals surface area (Å²) in [5.74, 6) is -9.09. The van der Waals surface area contributed by atoms with Crippen molar-refractivity contribution in [3.05, 3.63) is 101 Å². The van der Waals surface area contributed by atoms with E-state index in [1.807, 2.05) is 0 Å². The second kappa shape index (κ2) is 12.2. The van der Waals surface area contributed by atoms with E-state index in [0.717, 1.165) is 12.1 Å². The second-order valence-electron chi connectivity index (χ2n) is 11.8. The average molecular weight is 677 g/mol. The van der Waals surface area contributed by atoms with Gasteiger partial charge in [0.05, 0.1) is 10.6 Å². The molecule has 1 fully saturated rings. The third-order valence-corrected chi connectivity index (χ3v) is 11.0. The molecule has 0 spiro atoms. The van der Waals surface area contributed by atoms with Gasteiger partial charge in [-0.2, -0.15) is 22.9 Å². The SMILES string of the molecule is CCN(CC)S(=O)(=O)c1ccc(-c2cccnc2[C@@H](CC(=O)n2nc3c(c2C(F)F)C2CC2C3(F)F)Cc2cc(F)cc(F)c2)cc1. The molecule has 0 saturated heterocycles. The van der Waals surface area contributed by atoms with Crippen molar-refractivity contribution in [2.75, 3.05) is 13.1 Å². The van der Waals surface area contributed by atoms with Crippen LogP contribution in [0, 0.1) is 17.6 Å². The third kappa shape index (κ3) is 5.86. The summed E-state index contributed by atoms with van der Waals surface area (Å²) in [6, 6.07) is 12.0. The summed E-state index contributed by atoms with van der Waals surface area (Å²) in [6.45, 7) is 3.99. The second-order valence-corrected chi connectivity index (χ2v) is 13.7. The Balaban J connectivity index is 1.40. The Bertz CT molecular complexity index is 1920. The lowest BCUT2D eigenvalue weighted by atomic mass is 9.88. The number of carbonyl (C=O) groups excluding carboxylic acids is 1. The van der Waals surface area contributed by atoms with E-state index in [1.54, 1.807) is 38.1 Å². The van der Waals surface area contributed by atoms with Gasteiger partial charge in [-0.3, -0.25) is 9.78 Å². The van der Waals surface area contributed by atoms with Crippen LogP contribution in [-0.2, 0) is 22.4 Å². The van der Waals surface area contributed by atoms with Gasteiger partial charge in [-0.1, -0.05) is 32.0 Å². The standard InChI is InChI=1S/C33H30F6N4O3S/c1-3-42(4-2)47(45,46)23-9-7-19(8-10-23)24-6-5-11-40-29(24)20(12-18-13-21(34)16-22(35)14-18)15-27(44)43-30(32(36)37)28-25-17-26(25)33(38,39)31(28)41-43/h5-11,13-14,16,20,25-26,32H,3-4,12,15,17H2,1-2H3/t20-,25?,26?/m1/s1. The van der Waals surface area contributed by atoms with Crippen LogP contribution in [0.1, 0.15) is 78.0 Å². The van der Waals surface area contributed by atoms with Gasteiger partial charge in [-0.05, 0) is 60.2 Å². The van der Waals surface area contributed by atoms with Crippen LogP contribution < -0.4 is 0 Å². The normalized spacial score (nSPS) is 18.8. The van der Waals surface area contributed by atoms with Gasteiger partial charge in [0.1, 0.15) is 23.0 Å². The summed E-state index contributed by atoms with van der Waals surface area (Å²) in [5, 5.41) is 3.70. The Morgan fingerprint density at radius 3 is 2.32 bits per heavy atom. The number of fused-ring (bicyclic) bond motifs is 3. The Morgan fingerprint density at radius 2 is 1.70 bits per heavy atom. The average Bonchev–Trinajstić information content (AvgIpc) is 3.67. The zero-order valence-electron chi connectivity index (χ0n) is 25.3. The molecule has 0 amide bonds. The molecular formula is C33H30F6N4O3S. The zero-order chi connectivity index (χ0) is 33.8. The van der Waals surface area contributed by atoms with Crippen molar-refractivity contribution < 1.29 is 39.6 Å². The molecule has 7 nitrogen and oxygen atoms in total. The molecule has 2 unspecified atom stereocenters. The van der Waals surface area contributed by atoms with Crippen LogP contribution in [0.5, 0.6) is 0 Å². The van der Waals surface area contributed by atoms with Crippen molar-refractivity contribution in [3.8, 4) is 11.1 Å². The molecule has 248 valence electrons. The van der Waals surface area contributed by atoms with Crippen molar-refractivity contribution in [3.63, 3.8) is 0 Å². The van der Waals surface area contributed by atoms with Crippen molar-refractivity contribution in [2.45, 2.75) is 62.2 Å². The molecule has 4 aromatic rings. The summed E-state index contributed by atoms with van der Waals surface area (Å²) >= 11 is 0. The minimum absolute atomic E-state index is 0.0275. The highest BCUT2D eigenvalue weighted by atomic mass is 32.2. The predicted molar refractivity (Wildman–Crippen MR) is 160 cm³/mol. The highest BCUT2D eigenvalue weighted by Crippen LogP contribution is 2.68. The number of sulfonamides is 1. The lowest BCUT2D eigenvalue weighted by Crippen LogP contribution is -2.30. The molecule has 0 N–H and O–H groups in total. The Labute approximate surface area is 267 Å². The number of benzene rings is 2. The van der Waals surface area contributed by atoms with Crippen molar-refractivity contribution in [1.29, 1.82) is 0 Å². The Hall–Kier alpha value is -4.04. The first kappa shape index (κ1) is 32.9. The molecule has 0 aliphatic heterocycles. The van der Waals surface area contributed by atoms with Gasteiger partial charge in [0.15, 0.2) is 0 Å². The maximum absolute atomic E-state index is 14.9. The van der Waals surface area contributed by atoms with Gasteiger partial charge in [0.2, 0.25) is 15.9 Å². The molecule has 14 heteroatoms. The molecule has 6 rings (SSSR count). The molecule has 2 aromatic carbocycles. The topological polar surface area (TPSA) is 85.2 Å². The lowest BCUT2D eigenvalue weighted by Gasteiger charge is -2.21. The first-order valence-electron chi connectivity index (χ1n) is 15.1. The quantitative estimate of drug-likeness (QED) is 0.154. The smallest absolute Gasteiger partial charge is 0.273 e. The van der Waals surface area contributed by atoms with Crippen molar-refractivity contribution in [1.82, 2.24) is 19.1 Å². The first-order valence-corrected chi connectivity index (χ1v) is 16.5. The van der Waals surface area contributed by atoms with Crippen LogP contribution in [0.2, 0.25) is 0 Å². The molecule has 2 heterocycles. The third-order valence-electron chi connectivity index (χ3n) is 8.90. The lowest BCUT2D eigenvalue weighted by molar-refractivity contribution is -0.0273. The van der Waals surface area contributed by atoms with E-state index in [0.29, 0.717) is 21.9 Å². The fourth-order valence-corrected chi connectivity index (χ4v) is 8.09. The van der Waals surface area contributed by atoms with E-state index in [1.165, 1.54) is 22.6 Å². The molecular weight excluding hydrogens is 646 g/mol. The highest BCUT2D eigenvalue weighted by Gasteiger charge is 2.67. The van der Waals surface area contributed by atoms with Gasteiger partial charge in [-0.25, -0.2) is 26.0 Å². The zero-order valence-corrected chi connectivity index (χ0v) is 26.1. The van der Waals surface area contributed by atoms with Crippen molar-refractivity contribution >= 4 is 15.9 Å². The molecule has 47 heavy (non-hydrogen) atoms. The molecule has 0 radical (unpaired) electrons. The number of carbonyl (C=O) groups is 1. The maximum atomic E-state index is 14.9. The van der Waals surface area contributed by atoms with Gasteiger partial charge in [0.25, 0.3) is 12.3 Å². The van der Waals surface area contributed by atoms with E-state index >= 15 is 0 Å². The number of hydrogen-bond donors (Lipinski definition) is 0. The molecule has 1 saturated carbocycles. The number of pyridine rings is 1. The number of alkyl halides is 4. The monoisotopic (exact) mass is 676 g/mol. The predicted octanol–water partition coefficient (Wildman–Crippen LogP) is 7.46. The molecule has 2 aliphatic carbocycles. The van der Waals surface area contributed by atoms with Gasteiger partial charge in [-0.15, -0.1) is 0 Å². The van der Waals surface area contributed by atoms with Crippen molar-refractivity contribution in [2.24, 2.45) is 5.92 Å². The fraction of sp³-hybridized carbons (Fsp3) is 0.364. The molecule has 3 atom stereocenters. The van der Waals surface area contributed by atoms with Gasteiger partial charge >= 0.3 is 0 Å². The van der Waals surface area contributed by atoms with Crippen LogP contribution in [0.15, 0.2) is 65.7 Å². The summed E-state index contributed by atoms with van der Waals surface area (Å²) in [4.78, 5) is 18.2. The van der Waals surface area contributed by atoms with Crippen LogP contribution >= 0.6 is 0 Å². The van der Waals surface area contributed by atoms with E-state index in [9.17, 15) is 39.6 Å². The minimum atomic E-state index is -3.76. The number of hydrogen-bond acceptors (Lipinski definition) is 5. The van der Waals surface area contributed by atoms with Gasteiger partial charge in [0, 0.05) is 54.7 Å². The molecule has 2 aromatic heterocycles. The summed E-state index contributed by atoms with van der Waals surface area (Å²) < 4.78 is 114. The van der Waals surface area contributed by atoms with E-state index in [-0.39, 0.29) is 47.6 Å². The van der Waals surface area contributed by atoms with Gasteiger partial charge < -0.3 is 0 Å². The number of halogens is 6. The molecule has 0 bridgehead atoms. The largest absolute Gasteiger partial charge is 0.295 e. The maximum Gasteiger partial charge on any atom is 0.295 e. The fourth-order valence-electron chi connectivity index (χ4n) is 6.63. The summed E-state index contributed by atoms with van der Waals surface area (Å²) in [5.41, 5.74) is -0.637. The van der Waals surface area contributed by atoms with E-state index in [2.05, 4.69) is 10.1 Å². The number of nitrogens with zero attached hydrogens (tertiary/aromatic N) is 4. The van der Waals surface area contributed by atoms with E-state index in [4.69, 9.17) is 0 Å². The number of rotatable bonds is 11. The Kier molecular flexibility index (Phi) is 8.54. The Morgan fingerprint density at radius 1 is 1.04 bits per heavy atom. The minimum Gasteiger partial charge on any atom is -0.273 e. The first-order chi connectivity index (χ1) is 22.3. The van der Waals surface area contributed by atoms with Crippen LogP contribution in [0.3, 0.4) is 0 Å². The number of aromatic nitrogens is 3. The summed E-state index contributed by atoms with van der Waals surface area (Å²) in [7, 11) is -3.76. The highest BCUT2D eigenvalue weighted by molar-refractivity contribution is 7.89. The van der Waals surface area contributed by atoms with Crippen LogP contribution in [-0.4, -0.2) is 46.5 Å². The summed E-state index contributed by atoms with van der Waals surface area (Å²) in [6.07, 6.45) is -2.55.